The monoisotopic (exact) mass is 418 g/mol. The summed E-state index contributed by atoms with van der Waals surface area (Å²) in [5, 5.41) is 8.33. The van der Waals surface area contributed by atoms with Crippen LogP contribution in [0.5, 0.6) is 0 Å². The van der Waals surface area contributed by atoms with E-state index in [0.29, 0.717) is 23.6 Å². The number of hydrogen-bond donors (Lipinski definition) is 3. The molecule has 3 N–H and O–H groups in total. The zero-order valence-electron chi connectivity index (χ0n) is 16.7. The van der Waals surface area contributed by atoms with Crippen molar-refractivity contribution in [2.45, 2.75) is 19.0 Å². The maximum atomic E-state index is 13.1. The van der Waals surface area contributed by atoms with E-state index in [-0.39, 0.29) is 24.9 Å². The third kappa shape index (κ3) is 4.92. The van der Waals surface area contributed by atoms with Gasteiger partial charge in [0.25, 0.3) is 0 Å². The second-order valence-corrected chi connectivity index (χ2v) is 7.14. The molecule has 1 aliphatic rings. The van der Waals surface area contributed by atoms with Gasteiger partial charge in [-0.3, -0.25) is 14.5 Å². The number of nitrogens with one attached hydrogen (secondary N) is 3. The van der Waals surface area contributed by atoms with Crippen molar-refractivity contribution in [3.05, 3.63) is 84.3 Å². The van der Waals surface area contributed by atoms with Gasteiger partial charge in [-0.25, -0.2) is 4.79 Å². The summed E-state index contributed by atoms with van der Waals surface area (Å²) in [6.45, 7) is 0.0802. The van der Waals surface area contributed by atoms with Crippen LogP contribution in [0.1, 0.15) is 11.3 Å². The largest absolute Gasteiger partial charge is 0.467 e. The fraction of sp³-hybridized carbons (Fsp3) is 0.174. The smallest absolute Gasteiger partial charge is 0.323 e. The summed E-state index contributed by atoms with van der Waals surface area (Å²) in [7, 11) is 0. The van der Waals surface area contributed by atoms with Crippen LogP contribution < -0.4 is 20.9 Å². The second-order valence-electron chi connectivity index (χ2n) is 7.14. The Kier molecular flexibility index (Phi) is 5.98. The summed E-state index contributed by atoms with van der Waals surface area (Å²) < 4.78 is 5.25. The summed E-state index contributed by atoms with van der Waals surface area (Å²) in [5.41, 5.74) is 2.03. The molecule has 8 nitrogen and oxygen atoms in total. The van der Waals surface area contributed by atoms with E-state index in [2.05, 4.69) is 16.0 Å². The van der Waals surface area contributed by atoms with Crippen molar-refractivity contribution in [2.24, 2.45) is 0 Å². The number of carbonyl (C=O) groups is 3. The van der Waals surface area contributed by atoms with Crippen molar-refractivity contribution >= 4 is 29.2 Å². The van der Waals surface area contributed by atoms with Gasteiger partial charge in [0, 0.05) is 6.42 Å². The summed E-state index contributed by atoms with van der Waals surface area (Å²) in [6, 6.07) is 18.6. The number of rotatable bonds is 6. The Morgan fingerprint density at radius 2 is 1.81 bits per heavy atom. The average Bonchev–Trinajstić information content (AvgIpc) is 3.31. The molecule has 2 heterocycles. The van der Waals surface area contributed by atoms with Gasteiger partial charge < -0.3 is 20.4 Å². The van der Waals surface area contributed by atoms with Gasteiger partial charge in [-0.2, -0.15) is 0 Å². The molecule has 4 amide bonds. The van der Waals surface area contributed by atoms with Crippen LogP contribution in [0.3, 0.4) is 0 Å². The molecule has 0 radical (unpaired) electrons. The van der Waals surface area contributed by atoms with E-state index in [4.69, 9.17) is 4.42 Å². The molecule has 0 spiro atoms. The van der Waals surface area contributed by atoms with E-state index >= 15 is 0 Å². The molecule has 0 unspecified atom stereocenters. The van der Waals surface area contributed by atoms with Gasteiger partial charge in [-0.15, -0.1) is 0 Å². The standard InChI is InChI=1S/C23H22N4O4/c28-21-15-27(20-11-5-4-10-18(20)25-21)23(30)26-19(13-16-7-2-1-3-8-16)22(29)24-14-17-9-6-12-31-17/h1-12,19H,13-15H2,(H,24,29)(H,25,28)(H,26,30)/t19-/m1/s1. The lowest BCUT2D eigenvalue weighted by Crippen LogP contribution is -2.54. The Morgan fingerprint density at radius 3 is 2.58 bits per heavy atom. The van der Waals surface area contributed by atoms with E-state index < -0.39 is 12.1 Å². The molecule has 31 heavy (non-hydrogen) atoms. The van der Waals surface area contributed by atoms with Crippen molar-refractivity contribution in [2.75, 3.05) is 16.8 Å². The number of nitrogens with zero attached hydrogens (tertiary/aromatic N) is 1. The highest BCUT2D eigenvalue weighted by molar-refractivity contribution is 6.10. The van der Waals surface area contributed by atoms with E-state index in [0.717, 1.165) is 5.56 Å². The maximum absolute atomic E-state index is 13.1. The fourth-order valence-corrected chi connectivity index (χ4v) is 3.41. The molecule has 1 atom stereocenters. The lowest BCUT2D eigenvalue weighted by molar-refractivity contribution is -0.123. The topological polar surface area (TPSA) is 104 Å². The van der Waals surface area contributed by atoms with E-state index in [1.165, 1.54) is 11.2 Å². The molecule has 4 rings (SSSR count). The van der Waals surface area contributed by atoms with Crippen molar-refractivity contribution in [3.8, 4) is 0 Å². The Morgan fingerprint density at radius 1 is 1.03 bits per heavy atom. The van der Waals surface area contributed by atoms with E-state index in [1.807, 2.05) is 30.3 Å². The first-order valence-corrected chi connectivity index (χ1v) is 9.91. The second kappa shape index (κ2) is 9.17. The molecule has 0 saturated heterocycles. The Balaban J connectivity index is 1.51. The summed E-state index contributed by atoms with van der Waals surface area (Å²) >= 11 is 0. The van der Waals surface area contributed by atoms with Crippen LogP contribution in [0.2, 0.25) is 0 Å². The molecular weight excluding hydrogens is 396 g/mol. The normalized spacial score (nSPS) is 13.7. The predicted octanol–water partition coefficient (Wildman–Crippen LogP) is 2.68. The van der Waals surface area contributed by atoms with Gasteiger partial charge >= 0.3 is 6.03 Å². The molecule has 158 valence electrons. The highest BCUT2D eigenvalue weighted by Crippen LogP contribution is 2.28. The van der Waals surface area contributed by atoms with Crippen molar-refractivity contribution in [3.63, 3.8) is 0 Å². The van der Waals surface area contributed by atoms with Crippen LogP contribution in [0.15, 0.2) is 77.4 Å². The first-order chi connectivity index (χ1) is 15.1. The number of benzene rings is 2. The average molecular weight is 418 g/mol. The summed E-state index contributed by atoms with van der Waals surface area (Å²) in [6.07, 6.45) is 1.84. The van der Waals surface area contributed by atoms with Gasteiger partial charge in [-0.05, 0) is 29.8 Å². The molecule has 0 fully saturated rings. The van der Waals surface area contributed by atoms with Crippen LogP contribution >= 0.6 is 0 Å². The zero-order valence-corrected chi connectivity index (χ0v) is 16.7. The van der Waals surface area contributed by atoms with Gasteiger partial charge in [0.15, 0.2) is 0 Å². The number of urea groups is 1. The lowest BCUT2D eigenvalue weighted by Gasteiger charge is -2.30. The van der Waals surface area contributed by atoms with Crippen LogP contribution in [0.4, 0.5) is 16.2 Å². The van der Waals surface area contributed by atoms with Gasteiger partial charge in [0.05, 0.1) is 24.2 Å². The first kappa shape index (κ1) is 20.2. The lowest BCUT2D eigenvalue weighted by atomic mass is 10.1. The summed E-state index contributed by atoms with van der Waals surface area (Å²) in [5.74, 6) is -0.0288. The SMILES string of the molecule is O=C1CN(C(=O)N[C@H](Cc2ccccc2)C(=O)NCc2ccco2)c2ccccc2N1. The molecule has 3 aromatic rings. The highest BCUT2D eigenvalue weighted by atomic mass is 16.3. The molecule has 8 heteroatoms. The minimum atomic E-state index is -0.831. The molecule has 0 aliphatic carbocycles. The van der Waals surface area contributed by atoms with Crippen LogP contribution in [-0.4, -0.2) is 30.4 Å². The Bertz CT molecular complexity index is 1070. The highest BCUT2D eigenvalue weighted by Gasteiger charge is 2.30. The summed E-state index contributed by atoms with van der Waals surface area (Å²) in [4.78, 5) is 39.4. The first-order valence-electron chi connectivity index (χ1n) is 9.91. The third-order valence-corrected chi connectivity index (χ3v) is 4.93. The van der Waals surface area contributed by atoms with E-state index in [9.17, 15) is 14.4 Å². The quantitative estimate of drug-likeness (QED) is 0.573. The minimum Gasteiger partial charge on any atom is -0.467 e. The molecule has 1 aromatic heterocycles. The number of para-hydroxylation sites is 2. The van der Waals surface area contributed by atoms with Crippen LogP contribution in [-0.2, 0) is 22.6 Å². The minimum absolute atomic E-state index is 0.130. The Hall–Kier alpha value is -4.07. The molecule has 0 bridgehead atoms. The van der Waals surface area contributed by atoms with Gasteiger partial charge in [0.2, 0.25) is 11.8 Å². The van der Waals surface area contributed by atoms with Crippen LogP contribution in [0, 0.1) is 0 Å². The van der Waals surface area contributed by atoms with Crippen molar-refractivity contribution < 1.29 is 18.8 Å². The van der Waals surface area contributed by atoms with Gasteiger partial charge in [0.1, 0.15) is 18.3 Å². The molecular formula is C23H22N4O4. The fourth-order valence-electron chi connectivity index (χ4n) is 3.41. The number of carbonyl (C=O) groups excluding carboxylic acids is 3. The molecule has 1 aliphatic heterocycles. The number of furan rings is 1. The number of anilines is 2. The molecule has 0 saturated carbocycles. The number of fused-ring (bicyclic) bond motifs is 1. The predicted molar refractivity (Wildman–Crippen MR) is 115 cm³/mol. The van der Waals surface area contributed by atoms with E-state index in [1.54, 1.807) is 36.4 Å². The number of amides is 4. The van der Waals surface area contributed by atoms with Gasteiger partial charge in [-0.1, -0.05) is 42.5 Å². The Labute approximate surface area is 179 Å². The maximum Gasteiger partial charge on any atom is 0.323 e. The van der Waals surface area contributed by atoms with Crippen molar-refractivity contribution in [1.29, 1.82) is 0 Å². The third-order valence-electron chi connectivity index (χ3n) is 4.93. The van der Waals surface area contributed by atoms with Crippen molar-refractivity contribution in [1.82, 2.24) is 10.6 Å². The molecule has 2 aromatic carbocycles. The zero-order chi connectivity index (χ0) is 21.6. The number of hydrogen-bond acceptors (Lipinski definition) is 4. The van der Waals surface area contributed by atoms with Crippen LogP contribution in [0.25, 0.3) is 0 Å².